The van der Waals surface area contributed by atoms with E-state index in [2.05, 4.69) is 10.6 Å². The monoisotopic (exact) mass is 199 g/mol. The number of hydrogen-bond acceptors (Lipinski definition) is 3. The summed E-state index contributed by atoms with van der Waals surface area (Å²) in [5.74, 6) is 0.148. The quantitative estimate of drug-likeness (QED) is 0.481. The van der Waals surface area contributed by atoms with Crippen LogP contribution in [0, 0.1) is 0 Å². The number of carbonyl (C=O) groups excluding carboxylic acids is 1. The molecule has 0 aliphatic heterocycles. The smallest absolute Gasteiger partial charge is 0.221 e. The Kier molecular flexibility index (Phi) is 5.56. The van der Waals surface area contributed by atoms with E-state index in [0.717, 1.165) is 25.9 Å². The molecule has 0 spiro atoms. The highest BCUT2D eigenvalue weighted by molar-refractivity contribution is 5.75. The van der Waals surface area contributed by atoms with Crippen LogP contribution in [0.2, 0.25) is 0 Å². The van der Waals surface area contributed by atoms with Gasteiger partial charge in [0.15, 0.2) is 0 Å². The molecule has 0 bridgehead atoms. The minimum absolute atomic E-state index is 0.148. The molecular weight excluding hydrogens is 178 g/mol. The summed E-state index contributed by atoms with van der Waals surface area (Å²) < 4.78 is 0. The normalized spacial score (nSPS) is 15.5. The van der Waals surface area contributed by atoms with Gasteiger partial charge in [-0.15, -0.1) is 0 Å². The first-order valence-corrected chi connectivity index (χ1v) is 5.53. The van der Waals surface area contributed by atoms with Crippen LogP contribution in [0.5, 0.6) is 0 Å². The van der Waals surface area contributed by atoms with Crippen molar-refractivity contribution in [1.82, 2.24) is 10.6 Å². The van der Waals surface area contributed by atoms with Gasteiger partial charge in [0, 0.05) is 25.6 Å². The maximum absolute atomic E-state index is 11.2. The molecule has 0 radical (unpaired) electrons. The molecule has 4 nitrogen and oxygen atoms in total. The molecule has 0 aromatic carbocycles. The largest absolute Gasteiger partial charge is 0.356 e. The van der Waals surface area contributed by atoms with E-state index in [4.69, 9.17) is 5.73 Å². The van der Waals surface area contributed by atoms with Crippen LogP contribution in [0.1, 0.15) is 32.1 Å². The first-order chi connectivity index (χ1) is 6.83. The summed E-state index contributed by atoms with van der Waals surface area (Å²) in [5, 5.41) is 6.19. The molecule has 0 atom stereocenters. The number of carbonyl (C=O) groups is 1. The van der Waals surface area contributed by atoms with Crippen molar-refractivity contribution >= 4 is 5.91 Å². The lowest BCUT2D eigenvalue weighted by molar-refractivity contribution is -0.121. The van der Waals surface area contributed by atoms with Crippen LogP contribution < -0.4 is 16.4 Å². The Balaban J connectivity index is 1.82. The first-order valence-electron chi connectivity index (χ1n) is 5.53. The van der Waals surface area contributed by atoms with Gasteiger partial charge in [-0.3, -0.25) is 4.79 Å². The van der Waals surface area contributed by atoms with E-state index in [1.807, 2.05) is 0 Å². The Morgan fingerprint density at radius 3 is 2.71 bits per heavy atom. The molecule has 0 heterocycles. The Labute approximate surface area is 85.6 Å². The molecule has 0 aromatic heterocycles. The van der Waals surface area contributed by atoms with E-state index in [1.54, 1.807) is 0 Å². The average Bonchev–Trinajstić information content (AvgIpc) is 2.96. The third-order valence-electron chi connectivity index (χ3n) is 2.32. The Morgan fingerprint density at radius 1 is 1.29 bits per heavy atom. The fraction of sp³-hybridized carbons (Fsp3) is 0.900. The molecule has 4 heteroatoms. The first kappa shape index (κ1) is 11.5. The minimum atomic E-state index is 0.148. The summed E-state index contributed by atoms with van der Waals surface area (Å²) >= 11 is 0. The molecule has 0 aromatic rings. The third kappa shape index (κ3) is 5.94. The van der Waals surface area contributed by atoms with Gasteiger partial charge < -0.3 is 16.4 Å². The lowest BCUT2D eigenvalue weighted by Gasteiger charge is -2.05. The highest BCUT2D eigenvalue weighted by atomic mass is 16.1. The number of rotatable bonds is 8. The van der Waals surface area contributed by atoms with E-state index in [0.29, 0.717) is 19.0 Å². The van der Waals surface area contributed by atoms with Gasteiger partial charge >= 0.3 is 0 Å². The van der Waals surface area contributed by atoms with Gasteiger partial charge in [0.2, 0.25) is 5.91 Å². The fourth-order valence-corrected chi connectivity index (χ4v) is 1.26. The van der Waals surface area contributed by atoms with Gasteiger partial charge in [0.1, 0.15) is 0 Å². The van der Waals surface area contributed by atoms with Crippen LogP contribution in [-0.2, 0) is 4.79 Å². The molecule has 1 saturated carbocycles. The van der Waals surface area contributed by atoms with Gasteiger partial charge in [0.05, 0.1) is 0 Å². The highest BCUT2D eigenvalue weighted by Crippen LogP contribution is 2.18. The Morgan fingerprint density at radius 2 is 2.07 bits per heavy atom. The zero-order valence-corrected chi connectivity index (χ0v) is 8.72. The maximum Gasteiger partial charge on any atom is 0.221 e. The second kappa shape index (κ2) is 6.79. The SMILES string of the molecule is NCCCCNC(=O)CCNC1CC1. The number of amides is 1. The fourth-order valence-electron chi connectivity index (χ4n) is 1.26. The molecule has 1 fully saturated rings. The molecule has 4 N–H and O–H groups in total. The van der Waals surface area contributed by atoms with Crippen LogP contribution in [0.15, 0.2) is 0 Å². The summed E-state index contributed by atoms with van der Waals surface area (Å²) in [4.78, 5) is 11.2. The number of nitrogens with one attached hydrogen (secondary N) is 2. The van der Waals surface area contributed by atoms with Crippen molar-refractivity contribution in [1.29, 1.82) is 0 Å². The molecule has 1 rings (SSSR count). The van der Waals surface area contributed by atoms with Crippen molar-refractivity contribution in [2.24, 2.45) is 5.73 Å². The van der Waals surface area contributed by atoms with Crippen molar-refractivity contribution in [3.8, 4) is 0 Å². The van der Waals surface area contributed by atoms with Gasteiger partial charge in [0.25, 0.3) is 0 Å². The predicted molar refractivity (Wildman–Crippen MR) is 56.9 cm³/mol. The molecule has 1 aliphatic carbocycles. The summed E-state index contributed by atoms with van der Waals surface area (Å²) in [6.07, 6.45) is 5.12. The number of unbranched alkanes of at least 4 members (excludes halogenated alkanes) is 1. The lowest BCUT2D eigenvalue weighted by Crippen LogP contribution is -2.29. The highest BCUT2D eigenvalue weighted by Gasteiger charge is 2.19. The summed E-state index contributed by atoms with van der Waals surface area (Å²) in [6, 6.07) is 0.694. The van der Waals surface area contributed by atoms with Crippen LogP contribution >= 0.6 is 0 Å². The van der Waals surface area contributed by atoms with E-state index in [-0.39, 0.29) is 5.91 Å². The Bertz CT molecular complexity index is 169. The zero-order valence-electron chi connectivity index (χ0n) is 8.72. The van der Waals surface area contributed by atoms with Crippen LogP contribution in [0.3, 0.4) is 0 Å². The maximum atomic E-state index is 11.2. The lowest BCUT2D eigenvalue weighted by atomic mass is 10.3. The second-order valence-electron chi connectivity index (χ2n) is 3.82. The van der Waals surface area contributed by atoms with E-state index in [9.17, 15) is 4.79 Å². The molecular formula is C10H21N3O. The topological polar surface area (TPSA) is 67.1 Å². The summed E-state index contributed by atoms with van der Waals surface area (Å²) in [5.41, 5.74) is 5.34. The van der Waals surface area contributed by atoms with E-state index >= 15 is 0 Å². The zero-order chi connectivity index (χ0) is 10.2. The van der Waals surface area contributed by atoms with Crippen LogP contribution in [-0.4, -0.2) is 31.6 Å². The van der Waals surface area contributed by atoms with E-state index < -0.39 is 0 Å². The number of hydrogen-bond donors (Lipinski definition) is 3. The van der Waals surface area contributed by atoms with Gasteiger partial charge in [-0.25, -0.2) is 0 Å². The second-order valence-corrected chi connectivity index (χ2v) is 3.82. The molecule has 1 aliphatic rings. The van der Waals surface area contributed by atoms with Crippen molar-refractivity contribution in [3.63, 3.8) is 0 Å². The van der Waals surface area contributed by atoms with Crippen LogP contribution in [0.25, 0.3) is 0 Å². The molecule has 1 amide bonds. The summed E-state index contributed by atoms with van der Waals surface area (Å²) in [7, 11) is 0. The minimum Gasteiger partial charge on any atom is -0.356 e. The van der Waals surface area contributed by atoms with Gasteiger partial charge in [-0.05, 0) is 32.2 Å². The van der Waals surface area contributed by atoms with E-state index in [1.165, 1.54) is 12.8 Å². The number of nitrogens with two attached hydrogens (primary N) is 1. The molecule has 0 unspecified atom stereocenters. The van der Waals surface area contributed by atoms with Gasteiger partial charge in [-0.1, -0.05) is 0 Å². The Hall–Kier alpha value is -0.610. The van der Waals surface area contributed by atoms with Crippen molar-refractivity contribution in [2.45, 2.75) is 38.1 Å². The van der Waals surface area contributed by atoms with Gasteiger partial charge in [-0.2, -0.15) is 0 Å². The average molecular weight is 199 g/mol. The van der Waals surface area contributed by atoms with Crippen LogP contribution in [0.4, 0.5) is 0 Å². The molecule has 14 heavy (non-hydrogen) atoms. The third-order valence-corrected chi connectivity index (χ3v) is 2.32. The van der Waals surface area contributed by atoms with Crippen molar-refractivity contribution in [3.05, 3.63) is 0 Å². The predicted octanol–water partition coefficient (Wildman–Crippen LogP) is -0.0164. The summed E-state index contributed by atoms with van der Waals surface area (Å²) in [6.45, 7) is 2.28. The molecule has 0 saturated heterocycles. The standard InChI is InChI=1S/C10H21N3O/c11-6-1-2-7-13-10(14)5-8-12-9-3-4-9/h9,12H,1-8,11H2,(H,13,14). The molecule has 82 valence electrons. The van der Waals surface area contributed by atoms with Crippen molar-refractivity contribution < 1.29 is 4.79 Å². The van der Waals surface area contributed by atoms with Crippen molar-refractivity contribution in [2.75, 3.05) is 19.6 Å².